The number of nitrogens with one attached hydrogen (secondary N) is 3. The van der Waals surface area contributed by atoms with Crippen LogP contribution in [0.25, 0.3) is 0 Å². The second kappa shape index (κ2) is 12.1. The van der Waals surface area contributed by atoms with Gasteiger partial charge in [-0.3, -0.25) is 9.79 Å². The Labute approximate surface area is 192 Å². The third-order valence-electron chi connectivity index (χ3n) is 4.65. The van der Waals surface area contributed by atoms with Crippen molar-refractivity contribution in [3.8, 4) is 5.75 Å². The van der Waals surface area contributed by atoms with E-state index < -0.39 is 0 Å². The Morgan fingerprint density at radius 2 is 2.00 bits per heavy atom. The molecule has 1 aliphatic heterocycles. The quantitative estimate of drug-likeness (QED) is 0.224. The second-order valence-corrected chi connectivity index (χ2v) is 8.01. The first-order chi connectivity index (χ1) is 13.3. The molecule has 1 atom stereocenters. The van der Waals surface area contributed by atoms with Crippen LogP contribution in [0.1, 0.15) is 34.1 Å². The Morgan fingerprint density at radius 1 is 1.28 bits per heavy atom. The lowest BCUT2D eigenvalue weighted by Crippen LogP contribution is -2.45. The Kier molecular flexibility index (Phi) is 10.6. The van der Waals surface area contributed by atoms with Crippen molar-refractivity contribution in [2.75, 3.05) is 44.7 Å². The highest BCUT2D eigenvalue weighted by atomic mass is 127. The van der Waals surface area contributed by atoms with Crippen molar-refractivity contribution < 1.29 is 9.53 Å². The summed E-state index contributed by atoms with van der Waals surface area (Å²) in [4.78, 5) is 18.9. The predicted molar refractivity (Wildman–Crippen MR) is 131 cm³/mol. The summed E-state index contributed by atoms with van der Waals surface area (Å²) in [6.45, 7) is 11.5. The molecule has 29 heavy (non-hydrogen) atoms. The molecule has 0 aliphatic carbocycles. The summed E-state index contributed by atoms with van der Waals surface area (Å²) in [7, 11) is 1.71. The third kappa shape index (κ3) is 7.91. The van der Waals surface area contributed by atoms with Crippen LogP contribution in [0.3, 0.4) is 0 Å². The number of amides is 1. The Bertz CT molecular complexity index is 675. The van der Waals surface area contributed by atoms with E-state index >= 15 is 0 Å². The van der Waals surface area contributed by atoms with E-state index in [-0.39, 0.29) is 35.3 Å². The van der Waals surface area contributed by atoms with E-state index in [1.54, 1.807) is 7.11 Å². The predicted octanol–water partition coefficient (Wildman–Crippen LogP) is 2.61. The monoisotopic (exact) mass is 517 g/mol. The molecule has 1 saturated heterocycles. The van der Waals surface area contributed by atoms with Crippen molar-refractivity contribution in [3.05, 3.63) is 24.3 Å². The summed E-state index contributed by atoms with van der Waals surface area (Å²) in [5, 5.41) is 9.74. The van der Waals surface area contributed by atoms with Crippen molar-refractivity contribution >= 4 is 41.5 Å². The van der Waals surface area contributed by atoms with Gasteiger partial charge in [-0.1, -0.05) is 32.9 Å². The van der Waals surface area contributed by atoms with Gasteiger partial charge in [0, 0.05) is 37.6 Å². The maximum Gasteiger partial charge on any atom is 0.225 e. The number of ether oxygens (including phenoxy) is 1. The molecule has 0 spiro atoms. The van der Waals surface area contributed by atoms with Gasteiger partial charge in [0.1, 0.15) is 5.75 Å². The molecule has 1 aromatic rings. The number of hydrogen-bond acceptors (Lipinski definition) is 4. The zero-order valence-corrected chi connectivity index (χ0v) is 20.6. The molecule has 2 rings (SSSR count). The maximum atomic E-state index is 11.9. The average molecular weight is 517 g/mol. The summed E-state index contributed by atoms with van der Waals surface area (Å²) in [6, 6.07) is 8.43. The summed E-state index contributed by atoms with van der Waals surface area (Å²) >= 11 is 0. The molecule has 0 bridgehead atoms. The first-order valence-corrected chi connectivity index (χ1v) is 10.1. The van der Waals surface area contributed by atoms with Crippen LogP contribution in [0.4, 0.5) is 5.69 Å². The zero-order valence-electron chi connectivity index (χ0n) is 18.2. The fourth-order valence-electron chi connectivity index (χ4n) is 3.10. The largest absolute Gasteiger partial charge is 0.495 e. The smallest absolute Gasteiger partial charge is 0.225 e. The van der Waals surface area contributed by atoms with Crippen LogP contribution in [0.2, 0.25) is 0 Å². The van der Waals surface area contributed by atoms with Gasteiger partial charge in [0.25, 0.3) is 0 Å². The number of carbonyl (C=O) groups is 1. The number of guanidine groups is 1. The Morgan fingerprint density at radius 3 is 2.66 bits per heavy atom. The molecule has 1 aromatic carbocycles. The van der Waals surface area contributed by atoms with E-state index in [1.165, 1.54) is 0 Å². The van der Waals surface area contributed by atoms with Crippen molar-refractivity contribution in [1.29, 1.82) is 0 Å². The number of hydrogen-bond donors (Lipinski definition) is 3. The van der Waals surface area contributed by atoms with E-state index in [0.29, 0.717) is 19.1 Å². The van der Waals surface area contributed by atoms with Crippen molar-refractivity contribution in [2.24, 2.45) is 10.4 Å². The highest BCUT2D eigenvalue weighted by Crippen LogP contribution is 2.30. The molecule has 8 heteroatoms. The van der Waals surface area contributed by atoms with Crippen LogP contribution >= 0.6 is 24.0 Å². The van der Waals surface area contributed by atoms with Gasteiger partial charge < -0.3 is 25.6 Å². The van der Waals surface area contributed by atoms with Crippen LogP contribution < -0.4 is 25.6 Å². The Balaban J connectivity index is 0.00000420. The number of aliphatic imine (C=N–C) groups is 1. The molecule has 1 amide bonds. The van der Waals surface area contributed by atoms with Gasteiger partial charge in [-0.25, -0.2) is 0 Å². The van der Waals surface area contributed by atoms with Gasteiger partial charge in [0.2, 0.25) is 5.91 Å². The van der Waals surface area contributed by atoms with Gasteiger partial charge in [0.15, 0.2) is 5.96 Å². The first kappa shape index (κ1) is 25.3. The molecule has 1 fully saturated rings. The van der Waals surface area contributed by atoms with E-state index in [2.05, 4.69) is 31.9 Å². The van der Waals surface area contributed by atoms with Crippen LogP contribution in [0.5, 0.6) is 5.75 Å². The van der Waals surface area contributed by atoms with Gasteiger partial charge >= 0.3 is 0 Å². The van der Waals surface area contributed by atoms with E-state index in [0.717, 1.165) is 43.5 Å². The standard InChI is InChI=1S/C21H35N5O2.HI/c1-6-22-20(24-13-12-23-19(27)21(2,3)4)25-16-11-14-26(15-16)17-9-7-8-10-18(17)28-5;/h7-10,16H,6,11-15H2,1-5H3,(H,23,27)(H2,22,24,25);1H. The summed E-state index contributed by atoms with van der Waals surface area (Å²) < 4.78 is 5.49. The number of halogens is 1. The van der Waals surface area contributed by atoms with Crippen LogP contribution in [-0.2, 0) is 4.79 Å². The number of nitrogens with zero attached hydrogens (tertiary/aromatic N) is 2. The summed E-state index contributed by atoms with van der Waals surface area (Å²) in [6.07, 6.45) is 1.03. The van der Waals surface area contributed by atoms with Gasteiger partial charge in [-0.15, -0.1) is 24.0 Å². The Hall–Kier alpha value is -1.71. The topological polar surface area (TPSA) is 78.0 Å². The normalized spacial score (nSPS) is 16.8. The molecule has 1 aliphatic rings. The lowest BCUT2D eigenvalue weighted by molar-refractivity contribution is -0.128. The maximum absolute atomic E-state index is 11.9. The number of methoxy groups -OCH3 is 1. The van der Waals surface area contributed by atoms with Crippen LogP contribution in [0, 0.1) is 5.41 Å². The zero-order chi connectivity index (χ0) is 20.6. The molecule has 0 aromatic heterocycles. The van der Waals surface area contributed by atoms with E-state index in [1.807, 2.05) is 45.9 Å². The van der Waals surface area contributed by atoms with E-state index in [9.17, 15) is 4.79 Å². The highest BCUT2D eigenvalue weighted by molar-refractivity contribution is 14.0. The number of carbonyl (C=O) groups excluding carboxylic acids is 1. The van der Waals surface area contributed by atoms with Crippen LogP contribution in [0.15, 0.2) is 29.3 Å². The molecular formula is C21H36IN5O2. The minimum atomic E-state index is -0.377. The van der Waals surface area contributed by atoms with Crippen molar-refractivity contribution in [2.45, 2.75) is 40.2 Å². The number of rotatable bonds is 7. The van der Waals surface area contributed by atoms with Gasteiger partial charge in [0.05, 0.1) is 19.3 Å². The summed E-state index contributed by atoms with van der Waals surface area (Å²) in [5.41, 5.74) is 0.749. The molecule has 0 radical (unpaired) electrons. The fraction of sp³-hybridized carbons (Fsp3) is 0.619. The SMILES string of the molecule is CCNC(=NCCNC(=O)C(C)(C)C)NC1CCN(c2ccccc2OC)C1.I. The summed E-state index contributed by atoms with van der Waals surface area (Å²) in [5.74, 6) is 1.74. The molecule has 1 unspecified atom stereocenters. The number of benzene rings is 1. The molecule has 0 saturated carbocycles. The lowest BCUT2D eigenvalue weighted by Gasteiger charge is -2.22. The molecule has 3 N–H and O–H groups in total. The average Bonchev–Trinajstić information content (AvgIpc) is 3.12. The van der Waals surface area contributed by atoms with E-state index in [4.69, 9.17) is 4.74 Å². The third-order valence-corrected chi connectivity index (χ3v) is 4.65. The van der Waals surface area contributed by atoms with Gasteiger partial charge in [-0.2, -0.15) is 0 Å². The number of para-hydroxylation sites is 2. The number of anilines is 1. The second-order valence-electron chi connectivity index (χ2n) is 8.01. The minimum absolute atomic E-state index is 0. The van der Waals surface area contributed by atoms with Gasteiger partial charge in [-0.05, 0) is 25.5 Å². The molecule has 7 nitrogen and oxygen atoms in total. The fourth-order valence-corrected chi connectivity index (χ4v) is 3.10. The highest BCUT2D eigenvalue weighted by Gasteiger charge is 2.25. The molecule has 1 heterocycles. The van der Waals surface area contributed by atoms with Crippen molar-refractivity contribution in [3.63, 3.8) is 0 Å². The molecular weight excluding hydrogens is 481 g/mol. The van der Waals surface area contributed by atoms with Crippen LogP contribution in [-0.4, -0.2) is 57.7 Å². The first-order valence-electron chi connectivity index (χ1n) is 10.1. The van der Waals surface area contributed by atoms with Crippen molar-refractivity contribution in [1.82, 2.24) is 16.0 Å². The minimum Gasteiger partial charge on any atom is -0.495 e. The molecule has 164 valence electrons. The lowest BCUT2D eigenvalue weighted by atomic mass is 9.96.